The number of carbonyl (C=O) groups is 2. The van der Waals surface area contributed by atoms with Crippen molar-refractivity contribution in [3.63, 3.8) is 0 Å². The Bertz CT molecular complexity index is 1020. The quantitative estimate of drug-likeness (QED) is 0.253. The molecule has 6 heteroatoms. The van der Waals surface area contributed by atoms with Gasteiger partial charge in [-0.05, 0) is 36.6 Å². The molecule has 0 aliphatic heterocycles. The van der Waals surface area contributed by atoms with E-state index in [1.54, 1.807) is 10.6 Å². The van der Waals surface area contributed by atoms with Gasteiger partial charge in [0.1, 0.15) is 12.4 Å². The lowest BCUT2D eigenvalue weighted by atomic mass is 10.0. The monoisotopic (exact) mass is 437 g/mol. The van der Waals surface area contributed by atoms with Crippen molar-refractivity contribution in [2.45, 2.75) is 58.4 Å². The number of hydrogen-bond donors (Lipinski definition) is 1. The summed E-state index contributed by atoms with van der Waals surface area (Å²) in [6.07, 6.45) is 7.29. The first-order valence-corrected chi connectivity index (χ1v) is 11.3. The van der Waals surface area contributed by atoms with E-state index in [0.717, 1.165) is 17.3 Å². The fraction of sp³-hybridized carbons (Fsp3) is 0.385. The van der Waals surface area contributed by atoms with Gasteiger partial charge in [0.05, 0.1) is 12.1 Å². The summed E-state index contributed by atoms with van der Waals surface area (Å²) in [4.78, 5) is 23.5. The number of Topliss-reactive ketones (excluding diaryl/α,β-unsaturated/α-hetero) is 1. The van der Waals surface area contributed by atoms with Gasteiger partial charge in [0.2, 0.25) is 5.88 Å². The van der Waals surface area contributed by atoms with Crippen molar-refractivity contribution in [1.29, 1.82) is 0 Å². The van der Waals surface area contributed by atoms with E-state index >= 15 is 0 Å². The van der Waals surface area contributed by atoms with Crippen LogP contribution < -0.4 is 9.47 Å². The number of hydrogen-bond acceptors (Lipinski definition) is 4. The molecular weight excluding hydrogens is 406 g/mol. The lowest BCUT2D eigenvalue weighted by Crippen LogP contribution is -2.19. The molecule has 0 fully saturated rings. The molecule has 32 heavy (non-hydrogen) atoms. The highest BCUT2D eigenvalue weighted by atomic mass is 16.7. The number of aromatic nitrogens is 1. The first-order chi connectivity index (χ1) is 15.6. The third-order valence-corrected chi connectivity index (χ3v) is 5.44. The highest BCUT2D eigenvalue weighted by molar-refractivity contribution is 5.87. The second kappa shape index (κ2) is 11.9. The van der Waals surface area contributed by atoms with Crippen LogP contribution >= 0.6 is 0 Å². The number of carbonyl (C=O) groups excluding carboxylic acids is 1. The van der Waals surface area contributed by atoms with E-state index in [4.69, 9.17) is 14.6 Å². The molecule has 170 valence electrons. The van der Waals surface area contributed by atoms with Gasteiger partial charge in [-0.2, -0.15) is 0 Å². The van der Waals surface area contributed by atoms with Crippen LogP contribution in [0.2, 0.25) is 0 Å². The maximum Gasteiger partial charge on any atom is 0.512 e. The molecule has 2 aromatic carbocycles. The standard InChI is InChI=1S/C26H31NO5/c1-2-3-4-5-6-7-10-20-13-15-23(16-14-20)31-19-22(28)18-27-24-12-9-8-11-21(24)17-25(27)32-26(29)30/h8-9,11-17H,2-7,10,18-19H2,1H3,(H,29,30). The molecule has 0 atom stereocenters. The fourth-order valence-electron chi connectivity index (χ4n) is 3.77. The topological polar surface area (TPSA) is 77.8 Å². The molecule has 3 aromatic rings. The number of benzene rings is 2. The van der Waals surface area contributed by atoms with Gasteiger partial charge < -0.3 is 19.1 Å². The van der Waals surface area contributed by atoms with Gasteiger partial charge >= 0.3 is 6.16 Å². The molecule has 0 aliphatic rings. The highest BCUT2D eigenvalue weighted by Crippen LogP contribution is 2.25. The normalized spacial score (nSPS) is 10.9. The van der Waals surface area contributed by atoms with Gasteiger partial charge in [0.25, 0.3) is 0 Å². The fourth-order valence-corrected chi connectivity index (χ4v) is 3.77. The number of para-hydroxylation sites is 1. The van der Waals surface area contributed by atoms with Crippen molar-refractivity contribution in [3.05, 3.63) is 60.2 Å². The molecule has 3 rings (SSSR count). The molecule has 0 amide bonds. The number of fused-ring (bicyclic) bond motifs is 1. The first-order valence-electron chi connectivity index (χ1n) is 11.3. The van der Waals surface area contributed by atoms with E-state index in [-0.39, 0.29) is 24.8 Å². The summed E-state index contributed by atoms with van der Waals surface area (Å²) in [6, 6.07) is 16.8. The number of ketones is 1. The maximum atomic E-state index is 12.5. The van der Waals surface area contributed by atoms with Gasteiger partial charge in [0, 0.05) is 11.5 Å². The smallest absolute Gasteiger partial charge is 0.486 e. The van der Waals surface area contributed by atoms with E-state index in [9.17, 15) is 9.59 Å². The minimum Gasteiger partial charge on any atom is -0.486 e. The largest absolute Gasteiger partial charge is 0.512 e. The summed E-state index contributed by atoms with van der Waals surface area (Å²) >= 11 is 0. The molecule has 1 aromatic heterocycles. The Labute approximate surface area is 188 Å². The van der Waals surface area contributed by atoms with E-state index in [0.29, 0.717) is 5.75 Å². The Morgan fingerprint density at radius 2 is 1.66 bits per heavy atom. The highest BCUT2D eigenvalue weighted by Gasteiger charge is 2.15. The van der Waals surface area contributed by atoms with E-state index in [2.05, 4.69) is 6.92 Å². The second-order valence-corrected chi connectivity index (χ2v) is 7.98. The Balaban J connectivity index is 1.50. The predicted molar refractivity (Wildman–Crippen MR) is 125 cm³/mol. The van der Waals surface area contributed by atoms with Crippen LogP contribution in [0, 0.1) is 0 Å². The van der Waals surface area contributed by atoms with Crippen LogP contribution in [0.1, 0.15) is 51.0 Å². The number of carboxylic acid groups (broad SMARTS) is 1. The predicted octanol–water partition coefficient (Wildman–Crippen LogP) is 6.25. The molecule has 1 heterocycles. The molecule has 0 saturated carbocycles. The maximum absolute atomic E-state index is 12.5. The van der Waals surface area contributed by atoms with Crippen molar-refractivity contribution < 1.29 is 24.2 Å². The van der Waals surface area contributed by atoms with Gasteiger partial charge in [-0.25, -0.2) is 4.79 Å². The van der Waals surface area contributed by atoms with Gasteiger partial charge in [-0.1, -0.05) is 69.4 Å². The minimum atomic E-state index is -1.42. The zero-order valence-corrected chi connectivity index (χ0v) is 18.6. The van der Waals surface area contributed by atoms with E-state index < -0.39 is 6.16 Å². The van der Waals surface area contributed by atoms with Crippen LogP contribution in [0.25, 0.3) is 10.9 Å². The SMILES string of the molecule is CCCCCCCCc1ccc(OCC(=O)Cn2c(OC(=O)O)cc3ccccc32)cc1. The molecule has 1 N–H and O–H groups in total. The summed E-state index contributed by atoms with van der Waals surface area (Å²) in [5.74, 6) is 0.577. The molecule has 0 spiro atoms. The van der Waals surface area contributed by atoms with Crippen LogP contribution in [-0.2, 0) is 17.8 Å². The Hall–Kier alpha value is -3.28. The number of rotatable bonds is 13. The van der Waals surface area contributed by atoms with Crippen molar-refractivity contribution in [2.24, 2.45) is 0 Å². The van der Waals surface area contributed by atoms with Gasteiger partial charge in [-0.3, -0.25) is 4.79 Å². The zero-order chi connectivity index (χ0) is 22.8. The number of ether oxygens (including phenoxy) is 2. The second-order valence-electron chi connectivity index (χ2n) is 7.98. The van der Waals surface area contributed by atoms with E-state index in [1.165, 1.54) is 44.1 Å². The number of unbranched alkanes of at least 4 members (excludes halogenated alkanes) is 5. The van der Waals surface area contributed by atoms with Crippen molar-refractivity contribution in [2.75, 3.05) is 6.61 Å². The molecular formula is C26H31NO5. The number of aryl methyl sites for hydroxylation is 1. The van der Waals surface area contributed by atoms with Crippen LogP contribution in [0.3, 0.4) is 0 Å². The Morgan fingerprint density at radius 1 is 0.938 bits per heavy atom. The van der Waals surface area contributed by atoms with Crippen molar-refractivity contribution in [3.8, 4) is 11.6 Å². The van der Waals surface area contributed by atoms with Crippen molar-refractivity contribution in [1.82, 2.24) is 4.57 Å². The third-order valence-electron chi connectivity index (χ3n) is 5.44. The van der Waals surface area contributed by atoms with E-state index in [1.807, 2.05) is 48.5 Å². The third kappa shape index (κ3) is 6.87. The lowest BCUT2D eigenvalue weighted by molar-refractivity contribution is -0.121. The molecule has 0 aliphatic carbocycles. The minimum absolute atomic E-state index is 0.0355. The summed E-state index contributed by atoms with van der Waals surface area (Å²) in [5, 5.41) is 9.79. The molecule has 0 unspecified atom stereocenters. The average molecular weight is 438 g/mol. The summed E-state index contributed by atoms with van der Waals surface area (Å²) < 4.78 is 12.1. The summed E-state index contributed by atoms with van der Waals surface area (Å²) in [5.41, 5.74) is 2.00. The molecule has 6 nitrogen and oxygen atoms in total. The Morgan fingerprint density at radius 3 is 2.41 bits per heavy atom. The first kappa shape index (κ1) is 23.4. The Kier molecular flexibility index (Phi) is 8.72. The van der Waals surface area contributed by atoms with Gasteiger partial charge in [-0.15, -0.1) is 0 Å². The van der Waals surface area contributed by atoms with Crippen LogP contribution in [0.5, 0.6) is 11.6 Å². The van der Waals surface area contributed by atoms with Crippen LogP contribution in [-0.4, -0.2) is 28.2 Å². The lowest BCUT2D eigenvalue weighted by Gasteiger charge is -2.10. The van der Waals surface area contributed by atoms with Gasteiger partial charge in [0.15, 0.2) is 5.78 Å². The van der Waals surface area contributed by atoms with Crippen LogP contribution in [0.15, 0.2) is 54.6 Å². The molecule has 0 radical (unpaired) electrons. The van der Waals surface area contributed by atoms with Crippen molar-refractivity contribution >= 4 is 22.8 Å². The summed E-state index contributed by atoms with van der Waals surface area (Å²) in [7, 11) is 0. The number of nitrogens with zero attached hydrogens (tertiary/aromatic N) is 1. The van der Waals surface area contributed by atoms with Crippen LogP contribution in [0.4, 0.5) is 4.79 Å². The summed E-state index contributed by atoms with van der Waals surface area (Å²) in [6.45, 7) is 2.09. The zero-order valence-electron chi connectivity index (χ0n) is 18.6. The average Bonchev–Trinajstić information content (AvgIpc) is 3.11. The molecule has 0 bridgehead atoms. The molecule has 0 saturated heterocycles.